The molecule has 0 heterocycles. The lowest BCUT2D eigenvalue weighted by atomic mass is 9.92. The van der Waals surface area contributed by atoms with Gasteiger partial charge in [0.15, 0.2) is 6.10 Å². The van der Waals surface area contributed by atoms with Crippen LogP contribution in [0.25, 0.3) is 0 Å². The summed E-state index contributed by atoms with van der Waals surface area (Å²) in [7, 11) is 0. The number of nitrogens with one attached hydrogen (secondary N) is 1. The van der Waals surface area contributed by atoms with Gasteiger partial charge in [-0.3, -0.25) is 4.79 Å². The fourth-order valence-corrected chi connectivity index (χ4v) is 3.30. The molecule has 0 radical (unpaired) electrons. The molecule has 1 amide bonds. The number of hydrogen-bond acceptors (Lipinski definition) is 3. The van der Waals surface area contributed by atoms with Gasteiger partial charge in [-0.25, -0.2) is 0 Å². The van der Waals surface area contributed by atoms with Crippen LogP contribution in [-0.2, 0) is 17.6 Å². The molecule has 0 saturated heterocycles. The lowest BCUT2D eigenvalue weighted by Crippen LogP contribution is -2.43. The average molecular weight is 367 g/mol. The topological polar surface area (TPSA) is 47.6 Å². The van der Waals surface area contributed by atoms with Gasteiger partial charge in [0.05, 0.1) is 6.04 Å². The summed E-state index contributed by atoms with van der Waals surface area (Å²) in [5.74, 6) is 1.44. The van der Waals surface area contributed by atoms with Gasteiger partial charge < -0.3 is 14.8 Å². The fraction of sp³-hybridized carbons (Fsp3) is 0.435. The number of fused-ring (bicyclic) bond motifs is 1. The number of aryl methyl sites for hydroxylation is 3. The van der Waals surface area contributed by atoms with E-state index >= 15 is 0 Å². The summed E-state index contributed by atoms with van der Waals surface area (Å²) in [6.07, 6.45) is 4.18. The van der Waals surface area contributed by atoms with Gasteiger partial charge in [-0.1, -0.05) is 23.8 Å². The molecule has 27 heavy (non-hydrogen) atoms. The smallest absolute Gasteiger partial charge is 0.261 e. The molecule has 0 saturated carbocycles. The Kier molecular flexibility index (Phi) is 6.38. The Morgan fingerprint density at radius 2 is 1.67 bits per heavy atom. The quantitative estimate of drug-likeness (QED) is 0.797. The number of benzene rings is 2. The van der Waals surface area contributed by atoms with Crippen LogP contribution in [-0.4, -0.2) is 24.7 Å². The molecule has 0 bridgehead atoms. The van der Waals surface area contributed by atoms with Crippen LogP contribution < -0.4 is 14.8 Å². The molecule has 0 aliphatic heterocycles. The van der Waals surface area contributed by atoms with E-state index in [2.05, 4.69) is 17.4 Å². The first-order valence-electron chi connectivity index (χ1n) is 9.79. The Labute approximate surface area is 161 Å². The van der Waals surface area contributed by atoms with Crippen molar-refractivity contribution in [3.8, 4) is 11.5 Å². The van der Waals surface area contributed by atoms with Crippen LogP contribution in [0, 0.1) is 6.92 Å². The van der Waals surface area contributed by atoms with E-state index in [0.29, 0.717) is 6.61 Å². The van der Waals surface area contributed by atoms with Crippen molar-refractivity contribution in [1.82, 2.24) is 5.32 Å². The molecule has 0 spiro atoms. The normalized spacial score (nSPS) is 15.4. The third-order valence-corrected chi connectivity index (χ3v) is 4.91. The molecule has 1 N–H and O–H groups in total. The fourth-order valence-electron chi connectivity index (χ4n) is 3.30. The number of amides is 1. The average Bonchev–Trinajstić information content (AvgIpc) is 2.67. The standard InChI is InChI=1S/C23H29NO3/c1-16-8-11-21(12-9-16)26-15-17(2)24-23(25)18(3)27-22-13-10-19-6-4-5-7-20(19)14-22/h8-14,17-18H,4-7,15H2,1-3H3,(H,24,25)/t17-,18+/m1/s1. The summed E-state index contributed by atoms with van der Waals surface area (Å²) in [4.78, 5) is 12.4. The van der Waals surface area contributed by atoms with E-state index in [1.807, 2.05) is 44.2 Å². The van der Waals surface area contributed by atoms with Crippen LogP contribution in [0.1, 0.15) is 43.4 Å². The molecule has 2 aromatic carbocycles. The van der Waals surface area contributed by atoms with Crippen molar-refractivity contribution in [3.63, 3.8) is 0 Å². The predicted molar refractivity (Wildman–Crippen MR) is 107 cm³/mol. The van der Waals surface area contributed by atoms with Crippen LogP contribution in [0.5, 0.6) is 11.5 Å². The minimum Gasteiger partial charge on any atom is -0.491 e. The van der Waals surface area contributed by atoms with E-state index in [1.54, 1.807) is 6.92 Å². The lowest BCUT2D eigenvalue weighted by Gasteiger charge is -2.21. The second-order valence-electron chi connectivity index (χ2n) is 7.43. The Bertz CT molecular complexity index is 770. The highest BCUT2D eigenvalue weighted by Crippen LogP contribution is 2.25. The summed E-state index contributed by atoms with van der Waals surface area (Å²) in [5.41, 5.74) is 3.95. The van der Waals surface area contributed by atoms with E-state index in [9.17, 15) is 4.79 Å². The van der Waals surface area contributed by atoms with E-state index in [1.165, 1.54) is 29.5 Å². The van der Waals surface area contributed by atoms with E-state index in [0.717, 1.165) is 24.3 Å². The van der Waals surface area contributed by atoms with Crippen LogP contribution >= 0.6 is 0 Å². The summed E-state index contributed by atoms with van der Waals surface area (Å²) < 4.78 is 11.6. The van der Waals surface area contributed by atoms with Crippen molar-refractivity contribution in [2.75, 3.05) is 6.61 Å². The van der Waals surface area contributed by atoms with Gasteiger partial charge in [-0.05, 0) is 81.8 Å². The minimum absolute atomic E-state index is 0.103. The molecule has 1 aliphatic rings. The van der Waals surface area contributed by atoms with Gasteiger partial charge in [-0.2, -0.15) is 0 Å². The molecule has 2 atom stereocenters. The van der Waals surface area contributed by atoms with Gasteiger partial charge in [0, 0.05) is 0 Å². The SMILES string of the molecule is Cc1ccc(OC[C@@H](C)NC(=O)[C@H](C)Oc2ccc3c(c2)CCCC3)cc1. The molecule has 0 aromatic heterocycles. The molecule has 1 aliphatic carbocycles. The van der Waals surface area contributed by atoms with Gasteiger partial charge >= 0.3 is 0 Å². The maximum absolute atomic E-state index is 12.4. The Balaban J connectivity index is 1.47. The molecule has 4 heteroatoms. The highest BCUT2D eigenvalue weighted by Gasteiger charge is 2.18. The van der Waals surface area contributed by atoms with Crippen molar-refractivity contribution in [3.05, 3.63) is 59.2 Å². The monoisotopic (exact) mass is 367 g/mol. The van der Waals surface area contributed by atoms with Gasteiger partial charge in [0.1, 0.15) is 18.1 Å². The van der Waals surface area contributed by atoms with Crippen LogP contribution in [0.4, 0.5) is 0 Å². The summed E-state index contributed by atoms with van der Waals surface area (Å²) in [5, 5.41) is 2.95. The van der Waals surface area contributed by atoms with Gasteiger partial charge in [-0.15, -0.1) is 0 Å². The molecule has 3 rings (SSSR count). The van der Waals surface area contributed by atoms with E-state index in [-0.39, 0.29) is 11.9 Å². The number of ether oxygens (including phenoxy) is 2. The maximum atomic E-state index is 12.4. The zero-order valence-corrected chi connectivity index (χ0v) is 16.5. The van der Waals surface area contributed by atoms with Crippen LogP contribution in [0.3, 0.4) is 0 Å². The third kappa shape index (κ3) is 5.49. The maximum Gasteiger partial charge on any atom is 0.261 e. The van der Waals surface area contributed by atoms with Gasteiger partial charge in [0.2, 0.25) is 0 Å². The molecule has 4 nitrogen and oxygen atoms in total. The zero-order chi connectivity index (χ0) is 19.2. The third-order valence-electron chi connectivity index (χ3n) is 4.91. The Morgan fingerprint density at radius 1 is 1.00 bits per heavy atom. The Morgan fingerprint density at radius 3 is 2.41 bits per heavy atom. The van der Waals surface area contributed by atoms with E-state index in [4.69, 9.17) is 9.47 Å². The number of carbonyl (C=O) groups is 1. The summed E-state index contributed by atoms with van der Waals surface area (Å²) >= 11 is 0. The van der Waals surface area contributed by atoms with Crippen molar-refractivity contribution in [1.29, 1.82) is 0 Å². The van der Waals surface area contributed by atoms with Gasteiger partial charge in [0.25, 0.3) is 5.91 Å². The van der Waals surface area contributed by atoms with Crippen LogP contribution in [0.2, 0.25) is 0 Å². The second-order valence-corrected chi connectivity index (χ2v) is 7.43. The Hall–Kier alpha value is -2.49. The van der Waals surface area contributed by atoms with Crippen molar-refractivity contribution in [2.24, 2.45) is 0 Å². The molecule has 2 aromatic rings. The summed E-state index contributed by atoms with van der Waals surface area (Å²) in [6, 6.07) is 14.0. The second kappa shape index (κ2) is 8.94. The zero-order valence-electron chi connectivity index (χ0n) is 16.5. The van der Waals surface area contributed by atoms with Crippen molar-refractivity contribution < 1.29 is 14.3 Å². The first kappa shape index (κ1) is 19.3. The molecular formula is C23H29NO3. The molecule has 144 valence electrons. The minimum atomic E-state index is -0.548. The molecular weight excluding hydrogens is 338 g/mol. The first-order valence-corrected chi connectivity index (χ1v) is 9.79. The molecule has 0 fully saturated rings. The van der Waals surface area contributed by atoms with Crippen molar-refractivity contribution in [2.45, 2.75) is 58.6 Å². The van der Waals surface area contributed by atoms with Crippen LogP contribution in [0.15, 0.2) is 42.5 Å². The highest BCUT2D eigenvalue weighted by atomic mass is 16.5. The predicted octanol–water partition coefficient (Wildman–Crippen LogP) is 4.22. The number of hydrogen-bond donors (Lipinski definition) is 1. The van der Waals surface area contributed by atoms with E-state index < -0.39 is 6.10 Å². The lowest BCUT2D eigenvalue weighted by molar-refractivity contribution is -0.128. The van der Waals surface area contributed by atoms with Crippen molar-refractivity contribution >= 4 is 5.91 Å². The number of carbonyl (C=O) groups excluding carboxylic acids is 1. The first-order chi connectivity index (χ1) is 13.0. The number of rotatable bonds is 7. The molecule has 0 unspecified atom stereocenters. The highest BCUT2D eigenvalue weighted by molar-refractivity contribution is 5.81. The largest absolute Gasteiger partial charge is 0.491 e. The summed E-state index contributed by atoms with van der Waals surface area (Å²) in [6.45, 7) is 6.16.